The standard InChI is InChI=1S/C35H46ClN5O4.H2/c1-24-6-7-25(22-30(24)36)23-32(33(42)39-17-10-27(11-18-39)26-8-15-37-16-9-26)45-35(44)40-19-13-29(14-20-40)41-21-12-28-4-2-3-5-31(28)38-34(41)43;/h2-7,22,26-27,29,32,37H,8-21,23H2,1H3,(H,38,43);1H/t32-;/m1./s1. The predicted octanol–water partition coefficient (Wildman–Crippen LogP) is 5.73. The molecule has 10 heteroatoms. The fourth-order valence-corrected chi connectivity index (χ4v) is 7.76. The van der Waals surface area contributed by atoms with Gasteiger partial charge < -0.3 is 30.1 Å². The van der Waals surface area contributed by atoms with Crippen LogP contribution < -0.4 is 10.6 Å². The van der Waals surface area contributed by atoms with E-state index in [1.807, 2.05) is 53.1 Å². The first-order valence-electron chi connectivity index (χ1n) is 16.7. The van der Waals surface area contributed by atoms with Gasteiger partial charge in [0.25, 0.3) is 5.91 Å². The SMILES string of the molecule is Cc1ccc(C[C@@H](OC(=O)N2CCC(N3CCc4ccccc4NC3=O)CC2)C(=O)N2CCC(C3CCNCC3)CC2)cc1Cl.[HH]. The van der Waals surface area contributed by atoms with Gasteiger partial charge in [-0.1, -0.05) is 41.9 Å². The van der Waals surface area contributed by atoms with Crippen molar-refractivity contribution in [2.24, 2.45) is 11.8 Å². The van der Waals surface area contributed by atoms with Gasteiger partial charge in [0.1, 0.15) is 0 Å². The van der Waals surface area contributed by atoms with E-state index in [9.17, 15) is 14.4 Å². The second-order valence-electron chi connectivity index (χ2n) is 13.2. The molecule has 1 atom stereocenters. The summed E-state index contributed by atoms with van der Waals surface area (Å²) < 4.78 is 6.04. The molecule has 3 saturated heterocycles. The minimum absolute atomic E-state index is 0. The molecule has 0 aromatic heterocycles. The largest absolute Gasteiger partial charge is 0.436 e. The maximum Gasteiger partial charge on any atom is 0.410 e. The Morgan fingerprint density at radius 2 is 1.62 bits per heavy atom. The number of nitrogens with one attached hydrogen (secondary N) is 2. The number of carbonyl (C=O) groups is 3. The van der Waals surface area contributed by atoms with Crippen LogP contribution in [0.25, 0.3) is 0 Å². The molecule has 0 unspecified atom stereocenters. The lowest BCUT2D eigenvalue weighted by Gasteiger charge is -2.39. The normalized spacial score (nSPS) is 21.1. The molecular formula is C35H48ClN5O4. The number of fused-ring (bicyclic) bond motifs is 1. The molecule has 4 aliphatic rings. The van der Waals surface area contributed by atoms with Crippen molar-refractivity contribution in [3.8, 4) is 0 Å². The van der Waals surface area contributed by atoms with E-state index < -0.39 is 12.2 Å². The lowest BCUT2D eigenvalue weighted by atomic mass is 9.79. The third-order valence-corrected chi connectivity index (χ3v) is 10.8. The molecule has 0 spiro atoms. The van der Waals surface area contributed by atoms with Crippen molar-refractivity contribution in [3.05, 3.63) is 64.2 Å². The number of hydrogen-bond acceptors (Lipinski definition) is 5. The molecule has 0 aliphatic carbocycles. The van der Waals surface area contributed by atoms with Crippen LogP contribution in [0.1, 0.15) is 56.6 Å². The van der Waals surface area contributed by atoms with Crippen molar-refractivity contribution in [1.82, 2.24) is 20.0 Å². The average molecular weight is 638 g/mol. The monoisotopic (exact) mass is 637 g/mol. The lowest BCUT2D eigenvalue weighted by Crippen LogP contribution is -2.52. The Bertz CT molecular complexity index is 1370. The quantitative estimate of drug-likeness (QED) is 0.422. The van der Waals surface area contributed by atoms with Crippen molar-refractivity contribution in [1.29, 1.82) is 0 Å². The van der Waals surface area contributed by atoms with E-state index in [4.69, 9.17) is 16.3 Å². The average Bonchev–Trinajstić information content (AvgIpc) is 3.24. The lowest BCUT2D eigenvalue weighted by molar-refractivity contribution is -0.142. The first-order chi connectivity index (χ1) is 21.9. The molecular weight excluding hydrogens is 590 g/mol. The van der Waals surface area contributed by atoms with Gasteiger partial charge in [-0.2, -0.15) is 0 Å². The summed E-state index contributed by atoms with van der Waals surface area (Å²) >= 11 is 6.42. The molecule has 2 N–H and O–H groups in total. The molecule has 4 amide bonds. The zero-order chi connectivity index (χ0) is 31.3. The van der Waals surface area contributed by atoms with Gasteiger partial charge in [0, 0.05) is 57.3 Å². The van der Waals surface area contributed by atoms with Gasteiger partial charge in [0.15, 0.2) is 6.10 Å². The molecule has 4 heterocycles. The van der Waals surface area contributed by atoms with Crippen LogP contribution in [0.2, 0.25) is 5.02 Å². The van der Waals surface area contributed by atoms with E-state index in [0.717, 1.165) is 60.6 Å². The number of urea groups is 1. The van der Waals surface area contributed by atoms with Crippen LogP contribution in [0.3, 0.4) is 0 Å². The first kappa shape index (κ1) is 31.7. The summed E-state index contributed by atoms with van der Waals surface area (Å²) in [4.78, 5) is 46.0. The van der Waals surface area contributed by atoms with Crippen molar-refractivity contribution < 1.29 is 20.5 Å². The van der Waals surface area contributed by atoms with E-state index in [2.05, 4.69) is 16.7 Å². The molecule has 9 nitrogen and oxygen atoms in total. The van der Waals surface area contributed by atoms with Gasteiger partial charge in [0.05, 0.1) is 0 Å². The topological polar surface area (TPSA) is 94.2 Å². The first-order valence-corrected chi connectivity index (χ1v) is 17.1. The highest BCUT2D eigenvalue weighted by molar-refractivity contribution is 6.31. The summed E-state index contributed by atoms with van der Waals surface area (Å²) in [6.45, 7) is 7.08. The highest BCUT2D eigenvalue weighted by atomic mass is 35.5. The highest BCUT2D eigenvalue weighted by Gasteiger charge is 2.36. The van der Waals surface area contributed by atoms with Crippen molar-refractivity contribution in [2.75, 3.05) is 51.1 Å². The number of halogens is 1. The van der Waals surface area contributed by atoms with Gasteiger partial charge in [-0.3, -0.25) is 4.79 Å². The number of aryl methyl sites for hydroxylation is 1. The number of anilines is 1. The Balaban J connectivity index is 0.00000417. The summed E-state index contributed by atoms with van der Waals surface area (Å²) in [5.41, 5.74) is 3.83. The number of piperidine rings is 3. The van der Waals surface area contributed by atoms with E-state index in [-0.39, 0.29) is 25.8 Å². The van der Waals surface area contributed by atoms with Crippen molar-refractivity contribution in [2.45, 2.75) is 70.4 Å². The summed E-state index contributed by atoms with van der Waals surface area (Å²) in [5.74, 6) is 1.25. The molecule has 2 aromatic rings. The van der Waals surface area contributed by atoms with Gasteiger partial charge in [-0.05, 0) is 106 Å². The van der Waals surface area contributed by atoms with Crippen LogP contribution >= 0.6 is 11.6 Å². The highest BCUT2D eigenvalue weighted by Crippen LogP contribution is 2.32. The Morgan fingerprint density at radius 3 is 2.36 bits per heavy atom. The summed E-state index contributed by atoms with van der Waals surface area (Å²) in [6.07, 6.45) is 5.42. The Morgan fingerprint density at radius 1 is 0.933 bits per heavy atom. The summed E-state index contributed by atoms with van der Waals surface area (Å²) in [6, 6.07) is 13.6. The van der Waals surface area contributed by atoms with E-state index in [1.165, 1.54) is 12.8 Å². The molecule has 6 rings (SSSR count). The Hall–Kier alpha value is -3.30. The van der Waals surface area contributed by atoms with Gasteiger partial charge in [-0.15, -0.1) is 0 Å². The van der Waals surface area contributed by atoms with Crippen LogP contribution in [-0.4, -0.2) is 90.7 Å². The fraction of sp³-hybridized carbons (Fsp3) is 0.571. The van der Waals surface area contributed by atoms with Crippen LogP contribution in [0.4, 0.5) is 15.3 Å². The van der Waals surface area contributed by atoms with Crippen LogP contribution in [-0.2, 0) is 22.4 Å². The minimum Gasteiger partial charge on any atom is -0.436 e. The Labute approximate surface area is 273 Å². The summed E-state index contributed by atoms with van der Waals surface area (Å²) in [5, 5.41) is 7.14. The molecule has 244 valence electrons. The number of rotatable bonds is 6. The number of amides is 4. The molecule has 45 heavy (non-hydrogen) atoms. The summed E-state index contributed by atoms with van der Waals surface area (Å²) in [7, 11) is 0. The second kappa shape index (κ2) is 14.4. The van der Waals surface area contributed by atoms with Crippen molar-refractivity contribution in [3.63, 3.8) is 0 Å². The zero-order valence-electron chi connectivity index (χ0n) is 26.3. The number of likely N-dealkylation sites (tertiary alicyclic amines) is 2. The molecule has 2 aromatic carbocycles. The van der Waals surface area contributed by atoms with Gasteiger partial charge in [-0.25, -0.2) is 9.59 Å². The molecule has 4 aliphatic heterocycles. The van der Waals surface area contributed by atoms with E-state index in [0.29, 0.717) is 56.5 Å². The number of carbonyl (C=O) groups excluding carboxylic acids is 3. The zero-order valence-corrected chi connectivity index (χ0v) is 27.1. The maximum atomic E-state index is 13.9. The molecule has 3 fully saturated rings. The van der Waals surface area contributed by atoms with Gasteiger partial charge in [0.2, 0.25) is 0 Å². The van der Waals surface area contributed by atoms with E-state index in [1.54, 1.807) is 4.90 Å². The number of ether oxygens (including phenoxy) is 1. The number of nitrogens with zero attached hydrogens (tertiary/aromatic N) is 3. The fourth-order valence-electron chi connectivity index (χ4n) is 7.56. The third kappa shape index (κ3) is 7.58. The van der Waals surface area contributed by atoms with Gasteiger partial charge >= 0.3 is 12.1 Å². The second-order valence-corrected chi connectivity index (χ2v) is 13.6. The number of hydrogen-bond donors (Lipinski definition) is 2. The molecule has 0 bridgehead atoms. The van der Waals surface area contributed by atoms with Crippen LogP contribution in [0.5, 0.6) is 0 Å². The van der Waals surface area contributed by atoms with Crippen molar-refractivity contribution >= 4 is 35.3 Å². The smallest absolute Gasteiger partial charge is 0.410 e. The number of benzene rings is 2. The Kier molecular flexibility index (Phi) is 10.1. The molecule has 0 radical (unpaired) electrons. The molecule has 0 saturated carbocycles. The van der Waals surface area contributed by atoms with Crippen LogP contribution in [0.15, 0.2) is 42.5 Å². The maximum absolute atomic E-state index is 13.9. The number of para-hydroxylation sites is 1. The van der Waals surface area contributed by atoms with Crippen LogP contribution in [0, 0.1) is 18.8 Å². The van der Waals surface area contributed by atoms with E-state index >= 15 is 0 Å². The minimum atomic E-state index is -0.917. The predicted molar refractivity (Wildman–Crippen MR) is 178 cm³/mol. The third-order valence-electron chi connectivity index (χ3n) is 10.4.